The first-order valence-electron chi connectivity index (χ1n) is 6.10. The lowest BCUT2D eigenvalue weighted by Crippen LogP contribution is -2.33. The molecule has 0 aliphatic heterocycles. The van der Waals surface area contributed by atoms with Crippen LogP contribution in [-0.4, -0.2) is 36.0 Å². The molecule has 1 aromatic rings. The molecule has 1 aromatic heterocycles. The number of alkyl halides is 1. The Hall–Kier alpha value is -0.590. The summed E-state index contributed by atoms with van der Waals surface area (Å²) in [6.07, 6.45) is 2.24. The van der Waals surface area contributed by atoms with Crippen LogP contribution in [0.3, 0.4) is 0 Å². The molecule has 5 nitrogen and oxygen atoms in total. The normalized spacial score (nSPS) is 16.4. The van der Waals surface area contributed by atoms with Crippen molar-refractivity contribution in [3.8, 4) is 0 Å². The lowest BCUT2D eigenvalue weighted by atomic mass is 10.3. The Labute approximate surface area is 113 Å². The maximum absolute atomic E-state index is 12.5. The van der Waals surface area contributed by atoms with E-state index in [1.54, 1.807) is 6.92 Å². The molecule has 1 aliphatic carbocycles. The lowest BCUT2D eigenvalue weighted by Gasteiger charge is -2.19. The summed E-state index contributed by atoms with van der Waals surface area (Å²) < 4.78 is 26.5. The summed E-state index contributed by atoms with van der Waals surface area (Å²) in [5.74, 6) is 0.664. The van der Waals surface area contributed by atoms with Gasteiger partial charge in [-0.25, -0.2) is 8.42 Å². The molecule has 0 aromatic carbocycles. The maximum atomic E-state index is 12.5. The van der Waals surface area contributed by atoms with Crippen molar-refractivity contribution < 1.29 is 8.42 Å². The van der Waals surface area contributed by atoms with Gasteiger partial charge >= 0.3 is 0 Å². The molecule has 0 radical (unpaired) electrons. The molecule has 0 spiro atoms. The third-order valence-electron chi connectivity index (χ3n) is 3.27. The van der Waals surface area contributed by atoms with Gasteiger partial charge in [0.1, 0.15) is 0 Å². The number of aromatic amines is 1. The second-order valence-corrected chi connectivity index (χ2v) is 6.79. The molecule has 18 heavy (non-hydrogen) atoms. The number of nitrogens with zero attached hydrogens (tertiary/aromatic N) is 2. The Morgan fingerprint density at radius 2 is 2.17 bits per heavy atom. The Morgan fingerprint density at radius 1 is 1.50 bits per heavy atom. The fraction of sp³-hybridized carbons (Fsp3) is 0.727. The lowest BCUT2D eigenvalue weighted by molar-refractivity contribution is 0.409. The molecular weight excluding hydrogens is 274 g/mol. The quantitative estimate of drug-likeness (QED) is 0.814. The monoisotopic (exact) mass is 291 g/mol. The zero-order chi connectivity index (χ0) is 13.3. The molecule has 1 saturated carbocycles. The number of H-pyrrole nitrogens is 1. The van der Waals surface area contributed by atoms with Gasteiger partial charge in [0.05, 0.1) is 5.88 Å². The second-order valence-electron chi connectivity index (χ2n) is 4.66. The van der Waals surface area contributed by atoms with Gasteiger partial charge in [0, 0.05) is 24.3 Å². The van der Waals surface area contributed by atoms with Crippen molar-refractivity contribution >= 4 is 21.6 Å². The van der Waals surface area contributed by atoms with Crippen LogP contribution in [0.2, 0.25) is 0 Å². The minimum Gasteiger partial charge on any atom is -0.281 e. The Balaban J connectivity index is 2.32. The van der Waals surface area contributed by atoms with Gasteiger partial charge < -0.3 is 0 Å². The van der Waals surface area contributed by atoms with Gasteiger partial charge in [-0.15, -0.1) is 11.6 Å². The van der Waals surface area contributed by atoms with Gasteiger partial charge in [0.25, 0.3) is 10.0 Å². The number of nitrogens with one attached hydrogen (secondary N) is 1. The van der Waals surface area contributed by atoms with E-state index in [9.17, 15) is 8.42 Å². The predicted molar refractivity (Wildman–Crippen MR) is 70.0 cm³/mol. The maximum Gasteiger partial charge on any atom is 0.262 e. The molecule has 1 aliphatic rings. The molecule has 1 fully saturated rings. The number of sulfonamides is 1. The molecule has 1 N–H and O–H groups in total. The van der Waals surface area contributed by atoms with Crippen LogP contribution < -0.4 is 0 Å². The van der Waals surface area contributed by atoms with Crippen LogP contribution in [0.1, 0.15) is 31.0 Å². The number of hydrogen-bond acceptors (Lipinski definition) is 3. The fourth-order valence-electron chi connectivity index (χ4n) is 1.91. The predicted octanol–water partition coefficient (Wildman–Crippen LogP) is 1.88. The summed E-state index contributed by atoms with van der Waals surface area (Å²) >= 11 is 5.81. The standard InChI is InChI=1S/C11H18ClN3O2S/c1-3-15(7-9-4-5-9)18(16,17)11-10(6-12)8(2)13-14-11/h9H,3-7H2,1-2H3,(H,13,14). The van der Waals surface area contributed by atoms with Crippen molar-refractivity contribution in [2.45, 2.75) is 37.6 Å². The topological polar surface area (TPSA) is 66.1 Å². The largest absolute Gasteiger partial charge is 0.281 e. The van der Waals surface area contributed by atoms with E-state index in [1.165, 1.54) is 4.31 Å². The first-order chi connectivity index (χ1) is 8.50. The van der Waals surface area contributed by atoms with Gasteiger partial charge in [0.2, 0.25) is 0 Å². The molecule has 1 heterocycles. The summed E-state index contributed by atoms with van der Waals surface area (Å²) in [5.41, 5.74) is 1.29. The number of aromatic nitrogens is 2. The number of hydrogen-bond donors (Lipinski definition) is 1. The zero-order valence-electron chi connectivity index (χ0n) is 10.6. The summed E-state index contributed by atoms with van der Waals surface area (Å²) in [5, 5.41) is 6.70. The Kier molecular flexibility index (Phi) is 3.99. The average molecular weight is 292 g/mol. The van der Waals surface area contributed by atoms with Crippen molar-refractivity contribution in [3.05, 3.63) is 11.3 Å². The van der Waals surface area contributed by atoms with Crippen LogP contribution in [0.25, 0.3) is 0 Å². The van der Waals surface area contributed by atoms with E-state index in [4.69, 9.17) is 11.6 Å². The highest BCUT2D eigenvalue weighted by Crippen LogP contribution is 2.32. The van der Waals surface area contributed by atoms with Crippen LogP contribution in [0.5, 0.6) is 0 Å². The van der Waals surface area contributed by atoms with Crippen molar-refractivity contribution in [2.24, 2.45) is 5.92 Å². The third kappa shape index (κ3) is 2.55. The molecule has 102 valence electrons. The van der Waals surface area contributed by atoms with Crippen LogP contribution in [0.15, 0.2) is 5.03 Å². The van der Waals surface area contributed by atoms with Crippen molar-refractivity contribution in [3.63, 3.8) is 0 Å². The van der Waals surface area contributed by atoms with Gasteiger partial charge in [-0.1, -0.05) is 6.92 Å². The number of halogens is 1. The molecule has 0 bridgehead atoms. The minimum absolute atomic E-state index is 0.0810. The van der Waals surface area contributed by atoms with Crippen LogP contribution in [0, 0.1) is 12.8 Å². The highest BCUT2D eigenvalue weighted by molar-refractivity contribution is 7.89. The Morgan fingerprint density at radius 3 is 2.67 bits per heavy atom. The first-order valence-corrected chi connectivity index (χ1v) is 8.08. The third-order valence-corrected chi connectivity index (χ3v) is 5.45. The van der Waals surface area contributed by atoms with Crippen LogP contribution >= 0.6 is 11.6 Å². The summed E-state index contributed by atoms with van der Waals surface area (Å²) in [4.78, 5) is 0. The Bertz CT molecular complexity index is 522. The van der Waals surface area contributed by atoms with Crippen molar-refractivity contribution in [1.82, 2.24) is 14.5 Å². The smallest absolute Gasteiger partial charge is 0.262 e. The van der Waals surface area contributed by atoms with E-state index >= 15 is 0 Å². The highest BCUT2D eigenvalue weighted by atomic mass is 35.5. The molecular formula is C11H18ClN3O2S. The molecule has 0 amide bonds. The summed E-state index contributed by atoms with van der Waals surface area (Å²) in [6, 6.07) is 0. The van der Waals surface area contributed by atoms with E-state index in [-0.39, 0.29) is 10.9 Å². The minimum atomic E-state index is -3.52. The van der Waals surface area contributed by atoms with Gasteiger partial charge in [-0.2, -0.15) is 9.40 Å². The van der Waals surface area contributed by atoms with Gasteiger partial charge in [0.15, 0.2) is 5.03 Å². The molecule has 0 unspecified atom stereocenters. The number of rotatable bonds is 6. The van der Waals surface area contributed by atoms with Gasteiger partial charge in [-0.05, 0) is 25.7 Å². The highest BCUT2D eigenvalue weighted by Gasteiger charge is 2.33. The molecule has 2 rings (SSSR count). The van der Waals surface area contributed by atoms with E-state index in [0.717, 1.165) is 12.8 Å². The van der Waals surface area contributed by atoms with E-state index in [1.807, 2.05) is 6.92 Å². The summed E-state index contributed by atoms with van der Waals surface area (Å²) in [7, 11) is -3.52. The number of aryl methyl sites for hydroxylation is 1. The van der Waals surface area contributed by atoms with Crippen LogP contribution in [-0.2, 0) is 15.9 Å². The van der Waals surface area contributed by atoms with E-state index < -0.39 is 10.0 Å². The zero-order valence-corrected chi connectivity index (χ0v) is 12.2. The molecule has 0 atom stereocenters. The van der Waals surface area contributed by atoms with Gasteiger partial charge in [-0.3, -0.25) is 5.10 Å². The van der Waals surface area contributed by atoms with Crippen LogP contribution in [0.4, 0.5) is 0 Å². The first kappa shape index (κ1) is 13.8. The molecule has 7 heteroatoms. The fourth-order valence-corrected chi connectivity index (χ4v) is 4.00. The van der Waals surface area contributed by atoms with Crippen molar-refractivity contribution in [2.75, 3.05) is 13.1 Å². The summed E-state index contributed by atoms with van der Waals surface area (Å²) in [6.45, 7) is 4.68. The SMILES string of the molecule is CCN(CC1CC1)S(=O)(=O)c1n[nH]c(C)c1CCl. The molecule has 0 saturated heterocycles. The average Bonchev–Trinajstić information content (AvgIpc) is 3.07. The van der Waals surface area contributed by atoms with E-state index in [0.29, 0.717) is 30.3 Å². The van der Waals surface area contributed by atoms with E-state index in [2.05, 4.69) is 10.2 Å². The second kappa shape index (κ2) is 5.19. The van der Waals surface area contributed by atoms with Crippen molar-refractivity contribution in [1.29, 1.82) is 0 Å².